The van der Waals surface area contributed by atoms with Crippen molar-refractivity contribution in [1.82, 2.24) is 9.21 Å². The van der Waals surface area contributed by atoms with Gasteiger partial charge in [0, 0.05) is 39.3 Å². The van der Waals surface area contributed by atoms with Crippen LogP contribution in [-0.2, 0) is 20.5 Å². The Bertz CT molecular complexity index is 661. The Kier molecular flexibility index (Phi) is 6.15. The normalized spacial score (nSPS) is 22.3. The Morgan fingerprint density at radius 3 is 2.36 bits per heavy atom. The molecule has 2 aliphatic rings. The lowest BCUT2D eigenvalue weighted by Crippen LogP contribution is -2.49. The van der Waals surface area contributed by atoms with Gasteiger partial charge in [-0.1, -0.05) is 29.8 Å². The second-order valence-electron chi connectivity index (χ2n) is 7.35. The van der Waals surface area contributed by atoms with E-state index >= 15 is 0 Å². The van der Waals surface area contributed by atoms with Crippen LogP contribution in [0.2, 0.25) is 0 Å². The molecule has 2 fully saturated rings. The lowest BCUT2D eigenvalue weighted by Gasteiger charge is -2.41. The number of likely N-dealkylation sites (tertiary alicyclic amines) is 1. The Hall–Kier alpha value is -0.950. The first-order chi connectivity index (χ1) is 12.0. The van der Waals surface area contributed by atoms with Gasteiger partial charge in [0.05, 0.1) is 11.9 Å². The van der Waals surface area contributed by atoms with Gasteiger partial charge in [-0.2, -0.15) is 0 Å². The molecule has 140 valence electrons. The monoisotopic (exact) mass is 366 g/mol. The molecule has 2 aliphatic heterocycles. The number of benzene rings is 1. The predicted octanol–water partition coefficient (Wildman–Crippen LogP) is 2.40. The van der Waals surface area contributed by atoms with E-state index in [1.165, 1.54) is 0 Å². The highest BCUT2D eigenvalue weighted by Gasteiger charge is 2.32. The molecule has 2 heterocycles. The van der Waals surface area contributed by atoms with Crippen LogP contribution < -0.4 is 0 Å². The van der Waals surface area contributed by atoms with Crippen molar-refractivity contribution >= 4 is 10.0 Å². The summed E-state index contributed by atoms with van der Waals surface area (Å²) in [6.45, 7) is 5.42. The first kappa shape index (κ1) is 18.8. The van der Waals surface area contributed by atoms with Crippen molar-refractivity contribution in [3.63, 3.8) is 0 Å². The van der Waals surface area contributed by atoms with Crippen molar-refractivity contribution in [2.45, 2.75) is 50.5 Å². The first-order valence-electron chi connectivity index (χ1n) is 9.28. The van der Waals surface area contributed by atoms with Crippen LogP contribution >= 0.6 is 0 Å². The van der Waals surface area contributed by atoms with Gasteiger partial charge in [0.2, 0.25) is 10.0 Å². The molecule has 0 N–H and O–H groups in total. The Balaban J connectivity index is 1.53. The number of nitrogens with zero attached hydrogens (tertiary/aromatic N) is 2. The van der Waals surface area contributed by atoms with Gasteiger partial charge in [0.15, 0.2) is 0 Å². The van der Waals surface area contributed by atoms with Crippen molar-refractivity contribution in [2.75, 3.05) is 33.3 Å². The summed E-state index contributed by atoms with van der Waals surface area (Å²) in [5.41, 5.74) is 1.98. The minimum atomic E-state index is -3.23. The van der Waals surface area contributed by atoms with Crippen LogP contribution in [0.5, 0.6) is 0 Å². The van der Waals surface area contributed by atoms with Gasteiger partial charge >= 0.3 is 0 Å². The molecule has 5 nitrogen and oxygen atoms in total. The molecule has 2 saturated heterocycles. The largest absolute Gasteiger partial charge is 0.381 e. The van der Waals surface area contributed by atoms with Crippen LogP contribution in [0.25, 0.3) is 0 Å². The summed E-state index contributed by atoms with van der Waals surface area (Å²) < 4.78 is 32.6. The number of ether oxygens (including phenoxy) is 1. The summed E-state index contributed by atoms with van der Waals surface area (Å²) in [6, 6.07) is 8.30. The molecule has 0 bridgehead atoms. The quantitative estimate of drug-likeness (QED) is 0.803. The second-order valence-corrected chi connectivity index (χ2v) is 9.32. The molecule has 0 aliphatic carbocycles. The fourth-order valence-corrected chi connectivity index (χ4v) is 5.62. The van der Waals surface area contributed by atoms with E-state index in [1.54, 1.807) is 11.4 Å². The lowest BCUT2D eigenvalue weighted by molar-refractivity contribution is 0.0190. The van der Waals surface area contributed by atoms with Gasteiger partial charge in [-0.25, -0.2) is 12.7 Å². The molecule has 0 aromatic heterocycles. The van der Waals surface area contributed by atoms with E-state index in [1.807, 2.05) is 31.2 Å². The minimum absolute atomic E-state index is 0.110. The molecule has 3 rings (SSSR count). The molecular weight excluding hydrogens is 336 g/mol. The van der Waals surface area contributed by atoms with E-state index in [2.05, 4.69) is 4.90 Å². The Morgan fingerprint density at radius 1 is 1.08 bits per heavy atom. The standard InChI is InChI=1S/C19H30N2O3S/c1-16-4-3-5-17(14-16)15-25(22,23)21-12-6-18(7-13-21)20-10-8-19(24-2)9-11-20/h3-5,14,18-19H,6-13,15H2,1-2H3. The average Bonchev–Trinajstić information content (AvgIpc) is 2.61. The summed E-state index contributed by atoms with van der Waals surface area (Å²) >= 11 is 0. The van der Waals surface area contributed by atoms with Crippen LogP contribution in [-0.4, -0.2) is 63.1 Å². The number of methoxy groups -OCH3 is 1. The topological polar surface area (TPSA) is 49.9 Å². The van der Waals surface area contributed by atoms with E-state index in [-0.39, 0.29) is 5.75 Å². The predicted molar refractivity (Wildman–Crippen MR) is 100 cm³/mol. The molecule has 0 radical (unpaired) electrons. The fourth-order valence-electron chi connectivity index (χ4n) is 4.07. The molecule has 0 amide bonds. The van der Waals surface area contributed by atoms with Gasteiger partial charge in [-0.05, 0) is 38.2 Å². The minimum Gasteiger partial charge on any atom is -0.381 e. The third-order valence-corrected chi connectivity index (χ3v) is 7.42. The van der Waals surface area contributed by atoms with Crippen molar-refractivity contribution < 1.29 is 13.2 Å². The van der Waals surface area contributed by atoms with Gasteiger partial charge < -0.3 is 9.64 Å². The van der Waals surface area contributed by atoms with Crippen LogP contribution in [0, 0.1) is 6.92 Å². The highest BCUT2D eigenvalue weighted by Crippen LogP contribution is 2.24. The Morgan fingerprint density at radius 2 is 1.76 bits per heavy atom. The molecular formula is C19H30N2O3S. The summed E-state index contributed by atoms with van der Waals surface area (Å²) in [5, 5.41) is 0. The number of rotatable bonds is 5. The molecule has 0 unspecified atom stereocenters. The molecule has 6 heteroatoms. The van der Waals surface area contributed by atoms with E-state index in [4.69, 9.17) is 4.74 Å². The lowest BCUT2D eigenvalue weighted by atomic mass is 10.00. The molecule has 1 aromatic carbocycles. The summed E-state index contributed by atoms with van der Waals surface area (Å²) in [7, 11) is -1.44. The smallest absolute Gasteiger partial charge is 0.218 e. The van der Waals surface area contributed by atoms with Gasteiger partial charge in [0.25, 0.3) is 0 Å². The van der Waals surface area contributed by atoms with E-state index in [9.17, 15) is 8.42 Å². The summed E-state index contributed by atoms with van der Waals surface area (Å²) in [4.78, 5) is 2.53. The van der Waals surface area contributed by atoms with Gasteiger partial charge in [0.1, 0.15) is 0 Å². The maximum atomic E-state index is 12.7. The molecule has 0 saturated carbocycles. The van der Waals surface area contributed by atoms with Gasteiger partial charge in [-0.3, -0.25) is 0 Å². The zero-order valence-corrected chi connectivity index (χ0v) is 16.2. The Labute approximate surface area is 152 Å². The van der Waals surface area contributed by atoms with Crippen molar-refractivity contribution in [3.8, 4) is 0 Å². The van der Waals surface area contributed by atoms with Crippen molar-refractivity contribution in [2.24, 2.45) is 0 Å². The third kappa shape index (κ3) is 4.82. The summed E-state index contributed by atoms with van der Waals surface area (Å²) in [5.74, 6) is 0.110. The van der Waals surface area contributed by atoms with E-state index < -0.39 is 10.0 Å². The maximum absolute atomic E-state index is 12.7. The number of sulfonamides is 1. The van der Waals surface area contributed by atoms with Crippen LogP contribution in [0.15, 0.2) is 24.3 Å². The SMILES string of the molecule is COC1CCN(C2CCN(S(=O)(=O)Cc3cccc(C)c3)CC2)CC1. The number of piperidine rings is 2. The van der Waals surface area contributed by atoms with Gasteiger partial charge in [-0.15, -0.1) is 0 Å². The number of aryl methyl sites for hydroxylation is 1. The summed E-state index contributed by atoms with van der Waals surface area (Å²) in [6.07, 6.45) is 4.44. The molecule has 0 spiro atoms. The molecule has 1 aromatic rings. The van der Waals surface area contributed by atoms with Crippen LogP contribution in [0.3, 0.4) is 0 Å². The molecule has 25 heavy (non-hydrogen) atoms. The molecule has 0 atom stereocenters. The van der Waals surface area contributed by atoms with Crippen LogP contribution in [0.1, 0.15) is 36.8 Å². The van der Waals surface area contributed by atoms with Crippen molar-refractivity contribution in [1.29, 1.82) is 0 Å². The fraction of sp³-hybridized carbons (Fsp3) is 0.684. The van der Waals surface area contributed by atoms with Crippen molar-refractivity contribution in [3.05, 3.63) is 35.4 Å². The maximum Gasteiger partial charge on any atom is 0.218 e. The highest BCUT2D eigenvalue weighted by atomic mass is 32.2. The van der Waals surface area contributed by atoms with E-state index in [0.29, 0.717) is 25.2 Å². The zero-order chi connectivity index (χ0) is 17.9. The average molecular weight is 367 g/mol. The zero-order valence-electron chi connectivity index (χ0n) is 15.4. The highest BCUT2D eigenvalue weighted by molar-refractivity contribution is 7.88. The first-order valence-corrected chi connectivity index (χ1v) is 10.9. The van der Waals surface area contributed by atoms with E-state index in [0.717, 1.165) is 49.9 Å². The number of hydrogen-bond acceptors (Lipinski definition) is 4. The number of hydrogen-bond donors (Lipinski definition) is 0. The second kappa shape index (κ2) is 8.16. The van der Waals surface area contributed by atoms with Crippen LogP contribution in [0.4, 0.5) is 0 Å². The third-order valence-electron chi connectivity index (χ3n) is 5.57.